The van der Waals surface area contributed by atoms with Crippen molar-refractivity contribution in [3.63, 3.8) is 0 Å². The van der Waals surface area contributed by atoms with Gasteiger partial charge in [-0.25, -0.2) is 0 Å². The molecule has 1 aliphatic rings. The summed E-state index contributed by atoms with van der Waals surface area (Å²) in [4.78, 5) is 11.3. The van der Waals surface area contributed by atoms with E-state index in [2.05, 4.69) is 0 Å². The molecule has 1 heterocycles. The van der Waals surface area contributed by atoms with E-state index in [9.17, 15) is 4.79 Å². The number of Topliss-reactive ketones (excluding diaryl/α,β-unsaturated/α-hetero) is 1. The average Bonchev–Trinajstić information content (AvgIpc) is 2.64. The second-order valence-electron chi connectivity index (χ2n) is 4.20. The lowest BCUT2D eigenvalue weighted by atomic mass is 10.0. The number of carbonyl (C=O) groups excluding carboxylic acids is 1. The van der Waals surface area contributed by atoms with Crippen LogP contribution in [0.1, 0.15) is 46.0 Å². The Balaban J connectivity index is 1.96. The summed E-state index contributed by atoms with van der Waals surface area (Å²) < 4.78 is 0. The van der Waals surface area contributed by atoms with Gasteiger partial charge in [-0.2, -0.15) is 0 Å². The van der Waals surface area contributed by atoms with Gasteiger partial charge in [0.1, 0.15) is 5.78 Å². The molecule has 0 N–H and O–H groups in total. The molecule has 1 rings (SSSR count). The molecule has 1 atom stereocenters. The third-order valence-corrected chi connectivity index (χ3v) is 5.58. The number of hydrogen-bond acceptors (Lipinski definition) is 3. The van der Waals surface area contributed by atoms with E-state index in [0.29, 0.717) is 5.78 Å². The van der Waals surface area contributed by atoms with Crippen molar-refractivity contribution in [3.8, 4) is 0 Å². The third kappa shape index (κ3) is 4.74. The maximum absolute atomic E-state index is 11.3. The molecular formula is C11H20OS2. The summed E-state index contributed by atoms with van der Waals surface area (Å²) in [5.41, 5.74) is 0. The Bertz CT molecular complexity index is 174. The van der Waals surface area contributed by atoms with E-state index in [1.54, 1.807) is 0 Å². The molecule has 0 spiro atoms. The van der Waals surface area contributed by atoms with Gasteiger partial charge in [-0.15, -0.1) is 0 Å². The second-order valence-corrected chi connectivity index (χ2v) is 6.98. The standard InChI is InChI=1S/C11H20OS2/c1-9(2)11(12)6-4-3-5-10-7-8-13-14-10/h9-10H,3-8H2,1-2H3. The van der Waals surface area contributed by atoms with Crippen molar-refractivity contribution in [2.75, 3.05) is 5.75 Å². The Morgan fingerprint density at radius 1 is 1.43 bits per heavy atom. The van der Waals surface area contributed by atoms with E-state index in [1.807, 2.05) is 35.4 Å². The van der Waals surface area contributed by atoms with E-state index in [1.165, 1.54) is 25.0 Å². The van der Waals surface area contributed by atoms with Crippen LogP contribution < -0.4 is 0 Å². The van der Waals surface area contributed by atoms with Gasteiger partial charge in [0.15, 0.2) is 0 Å². The summed E-state index contributed by atoms with van der Waals surface area (Å²) in [5.74, 6) is 1.98. The molecule has 0 aliphatic carbocycles. The summed E-state index contributed by atoms with van der Waals surface area (Å²) in [5, 5.41) is 0.870. The molecule has 1 unspecified atom stereocenters. The molecule has 1 saturated heterocycles. The van der Waals surface area contributed by atoms with Crippen LogP contribution in [0.5, 0.6) is 0 Å². The molecule has 0 aromatic carbocycles. The maximum Gasteiger partial charge on any atom is 0.135 e. The van der Waals surface area contributed by atoms with Crippen molar-refractivity contribution in [2.45, 2.75) is 51.2 Å². The molecule has 0 aromatic rings. The summed E-state index contributed by atoms with van der Waals surface area (Å²) in [6, 6.07) is 0. The zero-order chi connectivity index (χ0) is 10.4. The van der Waals surface area contributed by atoms with E-state index in [4.69, 9.17) is 0 Å². The van der Waals surface area contributed by atoms with Gasteiger partial charge in [0, 0.05) is 23.3 Å². The summed E-state index contributed by atoms with van der Waals surface area (Å²) in [6.07, 6.45) is 5.80. The van der Waals surface area contributed by atoms with Crippen LogP contribution in [0.2, 0.25) is 0 Å². The van der Waals surface area contributed by atoms with Gasteiger partial charge < -0.3 is 0 Å². The Morgan fingerprint density at radius 3 is 2.79 bits per heavy atom. The third-order valence-electron chi connectivity index (χ3n) is 2.57. The van der Waals surface area contributed by atoms with Crippen LogP contribution in [-0.2, 0) is 4.79 Å². The first-order valence-electron chi connectivity index (χ1n) is 5.51. The van der Waals surface area contributed by atoms with Crippen molar-refractivity contribution < 1.29 is 4.79 Å². The molecule has 1 nitrogen and oxygen atoms in total. The molecule has 1 aliphatic heterocycles. The zero-order valence-electron chi connectivity index (χ0n) is 9.12. The number of unbranched alkanes of at least 4 members (excludes halogenated alkanes) is 1. The second kappa shape index (κ2) is 6.78. The van der Waals surface area contributed by atoms with Crippen LogP contribution >= 0.6 is 21.6 Å². The molecule has 0 bridgehead atoms. The Morgan fingerprint density at radius 2 is 2.21 bits per heavy atom. The predicted octanol–water partition coefficient (Wildman–Crippen LogP) is 3.93. The normalized spacial score (nSPS) is 21.8. The molecule has 0 radical (unpaired) electrons. The van der Waals surface area contributed by atoms with Gasteiger partial charge in [-0.05, 0) is 19.3 Å². The molecule has 82 valence electrons. The van der Waals surface area contributed by atoms with Crippen molar-refractivity contribution in [3.05, 3.63) is 0 Å². The van der Waals surface area contributed by atoms with Crippen molar-refractivity contribution in [2.24, 2.45) is 5.92 Å². The fourth-order valence-corrected chi connectivity index (χ4v) is 4.55. The van der Waals surface area contributed by atoms with Gasteiger partial charge in [0.05, 0.1) is 0 Å². The van der Waals surface area contributed by atoms with Crippen molar-refractivity contribution in [1.29, 1.82) is 0 Å². The fourth-order valence-electron chi connectivity index (χ4n) is 1.52. The first kappa shape index (κ1) is 12.4. The molecule has 0 amide bonds. The summed E-state index contributed by atoms with van der Waals surface area (Å²) >= 11 is 0. The molecule has 1 fully saturated rings. The minimum atomic E-state index is 0.228. The lowest BCUT2D eigenvalue weighted by molar-refractivity contribution is -0.122. The minimum Gasteiger partial charge on any atom is -0.299 e. The van der Waals surface area contributed by atoms with Crippen LogP contribution in [0.4, 0.5) is 0 Å². The Hall–Kier alpha value is 0.370. The highest BCUT2D eigenvalue weighted by Crippen LogP contribution is 2.39. The molecule has 14 heavy (non-hydrogen) atoms. The van der Waals surface area contributed by atoms with E-state index in [-0.39, 0.29) is 5.92 Å². The van der Waals surface area contributed by atoms with Gasteiger partial charge in [0.25, 0.3) is 0 Å². The van der Waals surface area contributed by atoms with Crippen LogP contribution in [0, 0.1) is 5.92 Å². The van der Waals surface area contributed by atoms with Gasteiger partial charge >= 0.3 is 0 Å². The number of hydrogen-bond donors (Lipinski definition) is 0. The number of carbonyl (C=O) groups is 1. The summed E-state index contributed by atoms with van der Waals surface area (Å²) in [7, 11) is 4.04. The van der Waals surface area contributed by atoms with Gasteiger partial charge in [-0.3, -0.25) is 4.79 Å². The Kier molecular flexibility index (Phi) is 6.02. The van der Waals surface area contributed by atoms with Crippen molar-refractivity contribution >= 4 is 27.4 Å². The largest absolute Gasteiger partial charge is 0.299 e. The van der Waals surface area contributed by atoms with E-state index >= 15 is 0 Å². The highest BCUT2D eigenvalue weighted by molar-refractivity contribution is 8.77. The number of rotatable bonds is 6. The van der Waals surface area contributed by atoms with Crippen LogP contribution in [0.3, 0.4) is 0 Å². The highest BCUT2D eigenvalue weighted by atomic mass is 33.1. The first-order chi connectivity index (χ1) is 6.70. The Labute approximate surface area is 95.2 Å². The lowest BCUT2D eigenvalue weighted by Gasteiger charge is -2.07. The predicted molar refractivity (Wildman–Crippen MR) is 66.8 cm³/mol. The van der Waals surface area contributed by atoms with Gasteiger partial charge in [0.2, 0.25) is 0 Å². The first-order valence-corrected chi connectivity index (χ1v) is 7.89. The lowest BCUT2D eigenvalue weighted by Crippen LogP contribution is -2.06. The van der Waals surface area contributed by atoms with E-state index < -0.39 is 0 Å². The molecule has 0 aromatic heterocycles. The maximum atomic E-state index is 11.3. The van der Waals surface area contributed by atoms with Gasteiger partial charge in [-0.1, -0.05) is 41.9 Å². The highest BCUT2D eigenvalue weighted by Gasteiger charge is 2.16. The minimum absolute atomic E-state index is 0.228. The van der Waals surface area contributed by atoms with Crippen LogP contribution in [0.15, 0.2) is 0 Å². The molecule has 0 saturated carbocycles. The smallest absolute Gasteiger partial charge is 0.135 e. The van der Waals surface area contributed by atoms with E-state index in [0.717, 1.165) is 18.1 Å². The summed E-state index contributed by atoms with van der Waals surface area (Å²) in [6.45, 7) is 3.98. The van der Waals surface area contributed by atoms with Crippen molar-refractivity contribution in [1.82, 2.24) is 0 Å². The topological polar surface area (TPSA) is 17.1 Å². The van der Waals surface area contributed by atoms with Crippen LogP contribution in [-0.4, -0.2) is 16.8 Å². The molecule has 3 heteroatoms. The quantitative estimate of drug-likeness (QED) is 0.510. The number of ketones is 1. The fraction of sp³-hybridized carbons (Fsp3) is 0.909. The monoisotopic (exact) mass is 232 g/mol. The average molecular weight is 232 g/mol. The molecular weight excluding hydrogens is 212 g/mol. The zero-order valence-corrected chi connectivity index (χ0v) is 10.8. The SMILES string of the molecule is CC(C)C(=O)CCCCC1CCSS1. The van der Waals surface area contributed by atoms with Crippen LogP contribution in [0.25, 0.3) is 0 Å².